The summed E-state index contributed by atoms with van der Waals surface area (Å²) in [6.45, 7) is 0. The fourth-order valence-corrected chi connectivity index (χ4v) is 4.43. The number of carbonyl (C=O) groups is 2. The van der Waals surface area contributed by atoms with Gasteiger partial charge in [-0.15, -0.1) is 12.4 Å². The maximum absolute atomic E-state index is 12.9. The molecule has 2 saturated carbocycles. The van der Waals surface area contributed by atoms with E-state index in [0.29, 0.717) is 28.8 Å². The molecule has 150 valence electrons. The number of fused-ring (bicyclic) bond motifs is 2. The van der Waals surface area contributed by atoms with E-state index in [0.717, 1.165) is 25.7 Å². The second-order valence-electron chi connectivity index (χ2n) is 7.80. The molecule has 3 rings (SSSR count). The van der Waals surface area contributed by atoms with Gasteiger partial charge in [-0.1, -0.05) is 6.42 Å². The van der Waals surface area contributed by atoms with Crippen molar-refractivity contribution in [2.45, 2.75) is 38.1 Å². The number of amides is 2. The minimum Gasteiger partial charge on any atom is -0.495 e. The summed E-state index contributed by atoms with van der Waals surface area (Å²) in [6, 6.07) is 5.36. The molecule has 2 aliphatic carbocycles. The Balaban J connectivity index is 0.00000261. The molecule has 0 radical (unpaired) electrons. The lowest BCUT2D eigenvalue weighted by molar-refractivity contribution is -0.122. The quantitative estimate of drug-likeness (QED) is 0.820. The first-order chi connectivity index (χ1) is 12.4. The van der Waals surface area contributed by atoms with E-state index < -0.39 is 0 Å². The summed E-state index contributed by atoms with van der Waals surface area (Å²) in [5.41, 5.74) is 7.40. The highest BCUT2D eigenvalue weighted by atomic mass is 35.5. The van der Waals surface area contributed by atoms with Crippen molar-refractivity contribution in [3.63, 3.8) is 0 Å². The monoisotopic (exact) mass is 395 g/mol. The zero-order valence-corrected chi connectivity index (χ0v) is 17.1. The van der Waals surface area contributed by atoms with E-state index in [1.807, 2.05) is 0 Å². The van der Waals surface area contributed by atoms with E-state index >= 15 is 0 Å². The third kappa shape index (κ3) is 4.55. The van der Waals surface area contributed by atoms with Crippen LogP contribution in [0.1, 0.15) is 42.5 Å². The molecular formula is C20H30ClN3O3. The van der Waals surface area contributed by atoms with E-state index in [4.69, 9.17) is 10.5 Å². The van der Waals surface area contributed by atoms with Crippen LogP contribution in [-0.2, 0) is 4.79 Å². The summed E-state index contributed by atoms with van der Waals surface area (Å²) in [5.74, 6) is 1.32. The molecule has 2 unspecified atom stereocenters. The summed E-state index contributed by atoms with van der Waals surface area (Å²) in [4.78, 5) is 26.6. The van der Waals surface area contributed by atoms with Crippen molar-refractivity contribution in [3.05, 3.63) is 23.8 Å². The Hall–Kier alpha value is -1.79. The van der Waals surface area contributed by atoms with Gasteiger partial charge in [-0.2, -0.15) is 0 Å². The summed E-state index contributed by atoms with van der Waals surface area (Å²) < 4.78 is 5.36. The molecule has 2 atom stereocenters. The SMILES string of the molecule is COc1ccc(C(=O)N(C)C)cc1NC(=O)C1CC2CCCC(C1)C2N.Cl. The van der Waals surface area contributed by atoms with Gasteiger partial charge in [-0.05, 0) is 55.7 Å². The van der Waals surface area contributed by atoms with Crippen LogP contribution in [0.3, 0.4) is 0 Å². The van der Waals surface area contributed by atoms with Crippen molar-refractivity contribution in [1.29, 1.82) is 0 Å². The molecule has 2 aliphatic rings. The highest BCUT2D eigenvalue weighted by Gasteiger charge is 2.40. The van der Waals surface area contributed by atoms with Crippen LogP contribution in [0.2, 0.25) is 0 Å². The van der Waals surface area contributed by atoms with Gasteiger partial charge in [0.25, 0.3) is 5.91 Å². The molecule has 0 spiro atoms. The molecule has 2 fully saturated rings. The Bertz CT molecular complexity index is 681. The topological polar surface area (TPSA) is 84.7 Å². The summed E-state index contributed by atoms with van der Waals surface area (Å²) in [6.07, 6.45) is 5.17. The van der Waals surface area contributed by atoms with Crippen molar-refractivity contribution in [1.82, 2.24) is 4.90 Å². The smallest absolute Gasteiger partial charge is 0.253 e. The van der Waals surface area contributed by atoms with Gasteiger partial charge >= 0.3 is 0 Å². The van der Waals surface area contributed by atoms with E-state index in [1.165, 1.54) is 11.3 Å². The Morgan fingerprint density at radius 1 is 1.19 bits per heavy atom. The van der Waals surface area contributed by atoms with Crippen LogP contribution in [-0.4, -0.2) is 44.0 Å². The summed E-state index contributed by atoms with van der Waals surface area (Å²) in [5, 5.41) is 2.99. The maximum atomic E-state index is 12.9. The number of rotatable bonds is 4. The normalized spacial score (nSPS) is 26.5. The summed E-state index contributed by atoms with van der Waals surface area (Å²) in [7, 11) is 4.96. The number of halogens is 1. The van der Waals surface area contributed by atoms with Crippen LogP contribution in [0, 0.1) is 17.8 Å². The van der Waals surface area contributed by atoms with Gasteiger partial charge in [0.1, 0.15) is 5.75 Å². The second kappa shape index (κ2) is 8.93. The fourth-order valence-electron chi connectivity index (χ4n) is 4.43. The lowest BCUT2D eigenvalue weighted by Gasteiger charge is -2.43. The van der Waals surface area contributed by atoms with Crippen LogP contribution < -0.4 is 15.8 Å². The first-order valence-electron chi connectivity index (χ1n) is 9.36. The molecule has 0 aliphatic heterocycles. The van der Waals surface area contributed by atoms with Crippen LogP contribution in [0.4, 0.5) is 5.69 Å². The van der Waals surface area contributed by atoms with E-state index in [2.05, 4.69) is 5.32 Å². The van der Waals surface area contributed by atoms with Crippen molar-refractivity contribution in [2.75, 3.05) is 26.5 Å². The predicted octanol–water partition coefficient (Wildman–Crippen LogP) is 2.91. The van der Waals surface area contributed by atoms with Gasteiger partial charge in [-0.3, -0.25) is 9.59 Å². The van der Waals surface area contributed by atoms with Gasteiger partial charge < -0.3 is 20.7 Å². The summed E-state index contributed by atoms with van der Waals surface area (Å²) >= 11 is 0. The molecule has 0 heterocycles. The Morgan fingerprint density at radius 2 is 1.81 bits per heavy atom. The largest absolute Gasteiger partial charge is 0.495 e. The first kappa shape index (κ1) is 21.5. The number of benzene rings is 1. The number of ether oxygens (including phenoxy) is 1. The Kier molecular flexibility index (Phi) is 7.12. The first-order valence-corrected chi connectivity index (χ1v) is 9.36. The van der Waals surface area contributed by atoms with Crippen LogP contribution in [0.25, 0.3) is 0 Å². The Morgan fingerprint density at radius 3 is 2.37 bits per heavy atom. The second-order valence-corrected chi connectivity index (χ2v) is 7.80. The lowest BCUT2D eigenvalue weighted by Crippen LogP contribution is -2.48. The molecule has 2 bridgehead atoms. The molecule has 6 nitrogen and oxygen atoms in total. The number of carbonyl (C=O) groups excluding carboxylic acids is 2. The number of hydrogen-bond acceptors (Lipinski definition) is 4. The molecule has 3 N–H and O–H groups in total. The molecule has 2 amide bonds. The third-order valence-corrected chi connectivity index (χ3v) is 5.89. The molecular weight excluding hydrogens is 366 g/mol. The number of nitrogens with two attached hydrogens (primary N) is 1. The average molecular weight is 396 g/mol. The predicted molar refractivity (Wildman–Crippen MR) is 108 cm³/mol. The molecule has 1 aromatic rings. The van der Waals surface area contributed by atoms with Crippen molar-refractivity contribution < 1.29 is 14.3 Å². The molecule has 7 heteroatoms. The van der Waals surface area contributed by atoms with Gasteiger partial charge in [0.2, 0.25) is 5.91 Å². The third-order valence-electron chi connectivity index (χ3n) is 5.89. The fraction of sp³-hybridized carbons (Fsp3) is 0.600. The van der Waals surface area contributed by atoms with Crippen molar-refractivity contribution >= 4 is 29.9 Å². The zero-order chi connectivity index (χ0) is 18.8. The van der Waals surface area contributed by atoms with E-state index in [9.17, 15) is 9.59 Å². The minimum absolute atomic E-state index is 0. The van der Waals surface area contributed by atoms with Gasteiger partial charge in [0.05, 0.1) is 12.8 Å². The molecule has 0 aromatic heterocycles. The van der Waals surface area contributed by atoms with E-state index in [-0.39, 0.29) is 36.2 Å². The van der Waals surface area contributed by atoms with Crippen molar-refractivity contribution in [3.8, 4) is 5.75 Å². The van der Waals surface area contributed by atoms with Crippen LogP contribution in [0.15, 0.2) is 18.2 Å². The standard InChI is InChI=1S/C20H29N3O3.ClH/c1-23(2)20(25)14-7-8-17(26-3)16(11-14)22-19(24)15-9-12-5-4-6-13(10-15)18(12)21;/h7-8,11-13,15,18H,4-6,9-10,21H2,1-3H3,(H,22,24);1H. The maximum Gasteiger partial charge on any atom is 0.253 e. The number of methoxy groups -OCH3 is 1. The van der Waals surface area contributed by atoms with Gasteiger partial charge in [-0.25, -0.2) is 0 Å². The number of anilines is 1. The van der Waals surface area contributed by atoms with Crippen LogP contribution >= 0.6 is 12.4 Å². The van der Waals surface area contributed by atoms with E-state index in [1.54, 1.807) is 39.4 Å². The molecule has 1 aromatic carbocycles. The molecule has 27 heavy (non-hydrogen) atoms. The highest BCUT2D eigenvalue weighted by molar-refractivity contribution is 5.98. The Labute approximate surface area is 167 Å². The van der Waals surface area contributed by atoms with Crippen LogP contribution in [0.5, 0.6) is 5.75 Å². The number of nitrogens with zero attached hydrogens (tertiary/aromatic N) is 1. The molecule has 0 saturated heterocycles. The average Bonchev–Trinajstić information content (AvgIpc) is 2.60. The number of nitrogens with one attached hydrogen (secondary N) is 1. The van der Waals surface area contributed by atoms with Crippen molar-refractivity contribution in [2.24, 2.45) is 23.5 Å². The van der Waals surface area contributed by atoms with Gasteiger partial charge in [0, 0.05) is 31.6 Å². The highest BCUT2D eigenvalue weighted by Crippen LogP contribution is 2.42. The van der Waals surface area contributed by atoms with Gasteiger partial charge in [0.15, 0.2) is 0 Å². The zero-order valence-electron chi connectivity index (χ0n) is 16.2. The lowest BCUT2D eigenvalue weighted by atomic mass is 9.65. The number of hydrogen-bond donors (Lipinski definition) is 2. The minimum atomic E-state index is -0.110.